The molecule has 2 unspecified atom stereocenters. The molecule has 3 fully saturated rings. The first-order chi connectivity index (χ1) is 8.83. The molecular weight excluding hydrogens is 226 g/mol. The van der Waals surface area contributed by atoms with Crippen LogP contribution in [0.2, 0.25) is 0 Å². The highest BCUT2D eigenvalue weighted by Gasteiger charge is 2.38. The Morgan fingerprint density at radius 2 is 2.00 bits per heavy atom. The second-order valence-corrected chi connectivity index (χ2v) is 6.12. The number of nitrogens with one attached hydrogen (secondary N) is 1. The van der Waals surface area contributed by atoms with E-state index in [9.17, 15) is 0 Å². The second kappa shape index (κ2) is 5.87. The number of likely N-dealkylation sites (tertiary alicyclic amines) is 1. The number of rotatable bonds is 5. The van der Waals surface area contributed by atoms with E-state index in [1.165, 1.54) is 32.4 Å². The van der Waals surface area contributed by atoms with Crippen LogP contribution in [-0.4, -0.2) is 73.9 Å². The lowest BCUT2D eigenvalue weighted by atomic mass is 10.2. The predicted octanol–water partition coefficient (Wildman–Crippen LogP) is 0.533. The van der Waals surface area contributed by atoms with E-state index in [-0.39, 0.29) is 0 Å². The van der Waals surface area contributed by atoms with E-state index >= 15 is 0 Å². The van der Waals surface area contributed by atoms with Crippen molar-refractivity contribution in [3.63, 3.8) is 0 Å². The van der Waals surface area contributed by atoms with Crippen molar-refractivity contribution in [3.05, 3.63) is 0 Å². The molecule has 3 aliphatic rings. The van der Waals surface area contributed by atoms with Gasteiger partial charge in [0.05, 0.1) is 13.2 Å². The SMILES string of the molecule is CC1CC(NCCN2CCOCC2)CN1C1CC1. The zero-order chi connectivity index (χ0) is 12.4. The third kappa shape index (κ3) is 3.23. The Balaban J connectivity index is 1.33. The summed E-state index contributed by atoms with van der Waals surface area (Å²) in [5.41, 5.74) is 0. The van der Waals surface area contributed by atoms with Crippen molar-refractivity contribution < 1.29 is 4.74 Å². The summed E-state index contributed by atoms with van der Waals surface area (Å²) in [6.45, 7) is 10.0. The summed E-state index contributed by atoms with van der Waals surface area (Å²) in [6.07, 6.45) is 4.20. The van der Waals surface area contributed by atoms with Gasteiger partial charge in [-0.15, -0.1) is 0 Å². The summed E-state index contributed by atoms with van der Waals surface area (Å²) in [4.78, 5) is 5.22. The molecule has 2 heterocycles. The van der Waals surface area contributed by atoms with Crippen LogP contribution in [0.5, 0.6) is 0 Å². The van der Waals surface area contributed by atoms with E-state index in [0.717, 1.165) is 51.0 Å². The lowest BCUT2D eigenvalue weighted by Gasteiger charge is -2.27. The average Bonchev–Trinajstić information content (AvgIpc) is 3.15. The number of ether oxygens (including phenoxy) is 1. The van der Waals surface area contributed by atoms with Gasteiger partial charge in [0.15, 0.2) is 0 Å². The predicted molar refractivity (Wildman–Crippen MR) is 72.9 cm³/mol. The summed E-state index contributed by atoms with van der Waals surface area (Å²) in [5.74, 6) is 0. The van der Waals surface area contributed by atoms with Gasteiger partial charge in [-0.25, -0.2) is 0 Å². The van der Waals surface area contributed by atoms with Gasteiger partial charge in [-0.2, -0.15) is 0 Å². The van der Waals surface area contributed by atoms with E-state index in [1.807, 2.05) is 0 Å². The van der Waals surface area contributed by atoms with Gasteiger partial charge in [-0.05, 0) is 26.2 Å². The molecule has 18 heavy (non-hydrogen) atoms. The molecule has 0 bridgehead atoms. The molecule has 2 saturated heterocycles. The maximum absolute atomic E-state index is 5.37. The van der Waals surface area contributed by atoms with Crippen molar-refractivity contribution in [2.45, 2.75) is 44.3 Å². The van der Waals surface area contributed by atoms with Crippen LogP contribution in [0.4, 0.5) is 0 Å². The van der Waals surface area contributed by atoms with E-state index in [0.29, 0.717) is 0 Å². The Labute approximate surface area is 111 Å². The summed E-state index contributed by atoms with van der Waals surface area (Å²) in [7, 11) is 0. The van der Waals surface area contributed by atoms with Crippen LogP contribution in [0.25, 0.3) is 0 Å². The van der Waals surface area contributed by atoms with E-state index in [2.05, 4.69) is 22.0 Å². The molecule has 0 spiro atoms. The highest BCUT2D eigenvalue weighted by Crippen LogP contribution is 2.33. The molecule has 0 aromatic heterocycles. The molecular formula is C14H27N3O. The van der Waals surface area contributed by atoms with Crippen molar-refractivity contribution in [1.29, 1.82) is 0 Å². The molecule has 2 aliphatic heterocycles. The van der Waals surface area contributed by atoms with Crippen LogP contribution in [0.3, 0.4) is 0 Å². The maximum atomic E-state index is 5.37. The fourth-order valence-electron chi connectivity index (χ4n) is 3.37. The maximum Gasteiger partial charge on any atom is 0.0594 e. The molecule has 1 saturated carbocycles. The lowest BCUT2D eigenvalue weighted by molar-refractivity contribution is 0.0381. The fraction of sp³-hybridized carbons (Fsp3) is 1.00. The second-order valence-electron chi connectivity index (χ2n) is 6.12. The summed E-state index contributed by atoms with van der Waals surface area (Å²) in [6, 6.07) is 2.44. The standard InChI is InChI=1S/C14H27N3O/c1-12-10-13(11-17(12)14-2-3-14)15-4-5-16-6-8-18-9-7-16/h12-15H,2-11H2,1H3. The van der Waals surface area contributed by atoms with Crippen LogP contribution in [0.15, 0.2) is 0 Å². The number of hydrogen-bond donors (Lipinski definition) is 1. The Morgan fingerprint density at radius 3 is 2.72 bits per heavy atom. The molecule has 0 radical (unpaired) electrons. The van der Waals surface area contributed by atoms with Crippen LogP contribution >= 0.6 is 0 Å². The molecule has 2 atom stereocenters. The molecule has 0 aromatic rings. The third-order valence-electron chi connectivity index (χ3n) is 4.60. The van der Waals surface area contributed by atoms with Gasteiger partial charge in [0.1, 0.15) is 0 Å². The van der Waals surface area contributed by atoms with E-state index in [1.54, 1.807) is 0 Å². The van der Waals surface area contributed by atoms with Crippen LogP contribution in [-0.2, 0) is 4.74 Å². The van der Waals surface area contributed by atoms with Crippen molar-refractivity contribution in [2.75, 3.05) is 45.9 Å². The molecule has 1 N–H and O–H groups in total. The minimum Gasteiger partial charge on any atom is -0.379 e. The Morgan fingerprint density at radius 1 is 1.22 bits per heavy atom. The van der Waals surface area contributed by atoms with Gasteiger partial charge in [-0.1, -0.05) is 0 Å². The summed E-state index contributed by atoms with van der Waals surface area (Å²) >= 11 is 0. The van der Waals surface area contributed by atoms with Gasteiger partial charge in [0.25, 0.3) is 0 Å². The van der Waals surface area contributed by atoms with Gasteiger partial charge in [0, 0.05) is 50.8 Å². The minimum absolute atomic E-state index is 0.724. The zero-order valence-electron chi connectivity index (χ0n) is 11.6. The van der Waals surface area contributed by atoms with E-state index in [4.69, 9.17) is 4.74 Å². The summed E-state index contributed by atoms with van der Waals surface area (Å²) < 4.78 is 5.37. The molecule has 104 valence electrons. The Kier molecular flexibility index (Phi) is 4.19. The Bertz CT molecular complexity index is 264. The number of morpholine rings is 1. The highest BCUT2D eigenvalue weighted by atomic mass is 16.5. The van der Waals surface area contributed by atoms with Gasteiger partial charge in [-0.3, -0.25) is 9.80 Å². The Hall–Kier alpha value is -0.160. The largest absolute Gasteiger partial charge is 0.379 e. The summed E-state index contributed by atoms with van der Waals surface area (Å²) in [5, 5.41) is 3.75. The van der Waals surface area contributed by atoms with Gasteiger partial charge in [0.2, 0.25) is 0 Å². The average molecular weight is 253 g/mol. The zero-order valence-corrected chi connectivity index (χ0v) is 11.6. The number of hydrogen-bond acceptors (Lipinski definition) is 4. The minimum atomic E-state index is 0.724. The molecule has 4 heteroatoms. The number of nitrogens with zero attached hydrogens (tertiary/aromatic N) is 2. The fourth-order valence-corrected chi connectivity index (χ4v) is 3.37. The third-order valence-corrected chi connectivity index (χ3v) is 4.60. The molecule has 1 aliphatic carbocycles. The van der Waals surface area contributed by atoms with Crippen molar-refractivity contribution in [1.82, 2.24) is 15.1 Å². The monoisotopic (exact) mass is 253 g/mol. The van der Waals surface area contributed by atoms with Crippen molar-refractivity contribution in [2.24, 2.45) is 0 Å². The normalized spacial score (nSPS) is 35.2. The molecule has 0 aromatic carbocycles. The quantitative estimate of drug-likeness (QED) is 0.774. The highest BCUT2D eigenvalue weighted by molar-refractivity contribution is 4.95. The van der Waals surface area contributed by atoms with E-state index < -0.39 is 0 Å². The lowest BCUT2D eigenvalue weighted by Crippen LogP contribution is -2.43. The topological polar surface area (TPSA) is 27.7 Å². The van der Waals surface area contributed by atoms with Crippen LogP contribution < -0.4 is 5.32 Å². The smallest absolute Gasteiger partial charge is 0.0594 e. The molecule has 3 rings (SSSR count). The van der Waals surface area contributed by atoms with Crippen molar-refractivity contribution in [3.8, 4) is 0 Å². The first-order valence-electron chi connectivity index (χ1n) is 7.62. The van der Waals surface area contributed by atoms with Gasteiger partial charge < -0.3 is 10.1 Å². The molecule has 0 amide bonds. The first-order valence-corrected chi connectivity index (χ1v) is 7.62. The molecule has 4 nitrogen and oxygen atoms in total. The van der Waals surface area contributed by atoms with Gasteiger partial charge >= 0.3 is 0 Å². The first kappa shape index (κ1) is 12.9. The van der Waals surface area contributed by atoms with Crippen LogP contribution in [0.1, 0.15) is 26.2 Å². The van der Waals surface area contributed by atoms with Crippen LogP contribution in [0, 0.1) is 0 Å². The van der Waals surface area contributed by atoms with Crippen molar-refractivity contribution >= 4 is 0 Å².